The molecule has 3 nitrogen and oxygen atoms in total. The Morgan fingerprint density at radius 1 is 0.676 bits per heavy atom. The van der Waals surface area contributed by atoms with Crippen molar-refractivity contribution in [3.05, 3.63) is 106 Å². The van der Waals surface area contributed by atoms with Gasteiger partial charge in [-0.3, -0.25) is 4.98 Å². The average Bonchev–Trinajstić information content (AvgIpc) is 3.29. The molecule has 0 aliphatic rings. The Morgan fingerprint density at radius 3 is 2.19 bits per heavy atom. The van der Waals surface area contributed by atoms with E-state index in [1.807, 2.05) is 24.4 Å². The summed E-state index contributed by atoms with van der Waals surface area (Å²) in [5, 5.41) is 1.66. The van der Waals surface area contributed by atoms with Gasteiger partial charge in [-0.2, -0.15) is 0 Å². The number of fused-ring (bicyclic) bond motifs is 3. The molecule has 0 amide bonds. The lowest BCUT2D eigenvalue weighted by molar-refractivity contribution is 0.653. The molecule has 0 aliphatic carbocycles. The van der Waals surface area contributed by atoms with Crippen molar-refractivity contribution in [2.75, 3.05) is 0 Å². The molecule has 6 rings (SSSR count). The van der Waals surface area contributed by atoms with E-state index in [0.717, 1.165) is 33.2 Å². The number of hydrogen-bond donors (Lipinski definition) is 0. The molecule has 0 fully saturated rings. The van der Waals surface area contributed by atoms with Crippen molar-refractivity contribution in [1.29, 1.82) is 0 Å². The van der Waals surface area contributed by atoms with Crippen LogP contribution in [0.2, 0.25) is 0 Å². The Hall–Kier alpha value is -4.24. The van der Waals surface area contributed by atoms with Gasteiger partial charge >= 0.3 is 0 Å². The number of nitrogens with zero attached hydrogens (tertiary/aromatic N) is 2. The van der Waals surface area contributed by atoms with Crippen LogP contribution in [0.25, 0.3) is 55.6 Å². The van der Waals surface area contributed by atoms with Gasteiger partial charge in [0, 0.05) is 32.3 Å². The molecule has 3 aromatic carbocycles. The van der Waals surface area contributed by atoms with E-state index >= 15 is 0 Å². The molecule has 0 saturated heterocycles. The van der Waals surface area contributed by atoms with E-state index < -0.39 is 6.85 Å². The van der Waals surface area contributed by atoms with Crippen LogP contribution in [-0.2, 0) is 0 Å². The van der Waals surface area contributed by atoms with E-state index in [0.29, 0.717) is 11.3 Å². The second-order valence-electron chi connectivity index (χ2n) is 9.95. The number of para-hydroxylation sites is 1. The summed E-state index contributed by atoms with van der Waals surface area (Å²) in [6.45, 7) is 8.46. The summed E-state index contributed by atoms with van der Waals surface area (Å²) < 4.78 is 29.3. The number of hydrogen-bond acceptors (Lipinski definition) is 3. The Labute approximate surface area is 222 Å². The quantitative estimate of drug-likeness (QED) is 0.251. The van der Waals surface area contributed by atoms with Crippen LogP contribution in [0.4, 0.5) is 0 Å². The molecule has 0 bridgehead atoms. The fourth-order valence-corrected chi connectivity index (χ4v) is 5.36. The number of rotatable bonds is 3. The SMILES string of the molecule is [2H]C([2H])([2H])c1ccc2c(n1)oc1c(-c3cc(-c4ccc(-c5ccc(C)cc5C)c(C)c4C)c(C)cn3)cccc12. The van der Waals surface area contributed by atoms with Gasteiger partial charge in [0.1, 0.15) is 5.58 Å². The highest BCUT2D eigenvalue weighted by atomic mass is 16.3. The molecule has 3 heteroatoms. The predicted molar refractivity (Wildman–Crippen MR) is 154 cm³/mol. The van der Waals surface area contributed by atoms with Crippen LogP contribution in [0.15, 0.2) is 77.3 Å². The summed E-state index contributed by atoms with van der Waals surface area (Å²) in [7, 11) is 0. The average molecular weight is 486 g/mol. The van der Waals surface area contributed by atoms with Crippen LogP contribution in [0.5, 0.6) is 0 Å². The smallest absolute Gasteiger partial charge is 0.227 e. The maximum Gasteiger partial charge on any atom is 0.227 e. The van der Waals surface area contributed by atoms with Crippen LogP contribution in [0.1, 0.15) is 37.6 Å². The second kappa shape index (κ2) is 8.70. The minimum absolute atomic E-state index is 0.0199. The molecule has 3 aromatic heterocycles. The van der Waals surface area contributed by atoms with Crippen LogP contribution >= 0.6 is 0 Å². The summed E-state index contributed by atoms with van der Waals surface area (Å²) in [6.07, 6.45) is 1.91. The Kier molecular flexibility index (Phi) is 4.68. The van der Waals surface area contributed by atoms with Gasteiger partial charge in [0.05, 0.1) is 5.69 Å². The molecule has 182 valence electrons. The van der Waals surface area contributed by atoms with Gasteiger partial charge in [-0.1, -0.05) is 48.0 Å². The standard InChI is InChI=1S/C34H30N2O/c1-19-10-12-25(20(2)16-19)26-14-15-27(24(6)23(26)5)31-17-32(35-18-21(31)3)30-9-7-8-28-29-13-11-22(4)36-34(29)37-33(28)30/h7-18H,1-6H3/i4D3. The molecule has 0 spiro atoms. The first-order valence-electron chi connectivity index (χ1n) is 14.0. The summed E-state index contributed by atoms with van der Waals surface area (Å²) in [6, 6.07) is 22.4. The normalized spacial score (nSPS) is 13.1. The molecular weight excluding hydrogens is 452 g/mol. The monoisotopic (exact) mass is 485 g/mol. The molecule has 0 unspecified atom stereocenters. The van der Waals surface area contributed by atoms with Gasteiger partial charge < -0.3 is 4.42 Å². The van der Waals surface area contributed by atoms with E-state index in [9.17, 15) is 0 Å². The van der Waals surface area contributed by atoms with Gasteiger partial charge in [0.15, 0.2) is 0 Å². The van der Waals surface area contributed by atoms with Crippen molar-refractivity contribution in [2.24, 2.45) is 0 Å². The lowest BCUT2D eigenvalue weighted by Crippen LogP contribution is -1.96. The zero-order valence-electron chi connectivity index (χ0n) is 24.7. The van der Waals surface area contributed by atoms with E-state index in [1.54, 1.807) is 12.1 Å². The first-order valence-corrected chi connectivity index (χ1v) is 12.5. The summed E-state index contributed by atoms with van der Waals surface area (Å²) in [5.41, 5.74) is 13.5. The minimum Gasteiger partial charge on any atom is -0.437 e. The lowest BCUT2D eigenvalue weighted by Gasteiger charge is -2.17. The molecule has 0 atom stereocenters. The topological polar surface area (TPSA) is 38.9 Å². The van der Waals surface area contributed by atoms with Crippen molar-refractivity contribution in [3.63, 3.8) is 0 Å². The van der Waals surface area contributed by atoms with E-state index in [-0.39, 0.29) is 5.69 Å². The van der Waals surface area contributed by atoms with Gasteiger partial charge in [0.25, 0.3) is 0 Å². The number of furan rings is 1. The van der Waals surface area contributed by atoms with Gasteiger partial charge in [-0.05, 0) is 110 Å². The Balaban J connectivity index is 1.48. The van der Waals surface area contributed by atoms with Crippen molar-refractivity contribution >= 4 is 22.1 Å². The van der Waals surface area contributed by atoms with Crippen molar-refractivity contribution in [3.8, 4) is 33.5 Å². The fraction of sp³-hybridized carbons (Fsp3) is 0.176. The summed E-state index contributed by atoms with van der Waals surface area (Å²) >= 11 is 0. The number of aryl methyl sites for hydroxylation is 4. The predicted octanol–water partition coefficient (Wildman–Crippen LogP) is 9.23. The van der Waals surface area contributed by atoms with Crippen LogP contribution < -0.4 is 0 Å². The van der Waals surface area contributed by atoms with Crippen molar-refractivity contribution < 1.29 is 8.53 Å². The van der Waals surface area contributed by atoms with Gasteiger partial charge in [-0.15, -0.1) is 0 Å². The molecule has 6 aromatic rings. The number of aromatic nitrogens is 2. The molecular formula is C34H30N2O. The maximum absolute atomic E-state index is 7.72. The van der Waals surface area contributed by atoms with Gasteiger partial charge in [0.2, 0.25) is 5.71 Å². The highest BCUT2D eigenvalue weighted by molar-refractivity contribution is 6.08. The van der Waals surface area contributed by atoms with E-state index in [4.69, 9.17) is 13.5 Å². The summed E-state index contributed by atoms with van der Waals surface area (Å²) in [4.78, 5) is 9.09. The first kappa shape index (κ1) is 19.9. The third-order valence-electron chi connectivity index (χ3n) is 7.49. The van der Waals surface area contributed by atoms with Crippen LogP contribution in [-0.4, -0.2) is 9.97 Å². The largest absolute Gasteiger partial charge is 0.437 e. The minimum atomic E-state index is -2.30. The second-order valence-corrected chi connectivity index (χ2v) is 9.95. The maximum atomic E-state index is 7.72. The van der Waals surface area contributed by atoms with E-state index in [2.05, 4.69) is 76.0 Å². The van der Waals surface area contributed by atoms with Gasteiger partial charge in [-0.25, -0.2) is 4.98 Å². The highest BCUT2D eigenvalue weighted by Crippen LogP contribution is 2.39. The molecule has 0 saturated carbocycles. The zero-order chi connectivity index (χ0) is 28.3. The number of pyridine rings is 2. The fourth-order valence-electron chi connectivity index (χ4n) is 5.36. The lowest BCUT2D eigenvalue weighted by atomic mass is 9.87. The molecule has 0 aliphatic heterocycles. The third kappa shape index (κ3) is 3.82. The summed E-state index contributed by atoms with van der Waals surface area (Å²) in [5.74, 6) is 0. The zero-order valence-corrected chi connectivity index (χ0v) is 21.7. The van der Waals surface area contributed by atoms with Crippen molar-refractivity contribution in [1.82, 2.24) is 9.97 Å². The molecule has 37 heavy (non-hydrogen) atoms. The van der Waals surface area contributed by atoms with E-state index in [1.165, 1.54) is 38.9 Å². The number of benzene rings is 3. The van der Waals surface area contributed by atoms with Crippen LogP contribution in [0.3, 0.4) is 0 Å². The Morgan fingerprint density at radius 2 is 1.43 bits per heavy atom. The Bertz CT molecular complexity index is 1950. The molecule has 3 heterocycles. The molecule has 0 N–H and O–H groups in total. The third-order valence-corrected chi connectivity index (χ3v) is 7.49. The highest BCUT2D eigenvalue weighted by Gasteiger charge is 2.17. The molecule has 0 radical (unpaired) electrons. The van der Waals surface area contributed by atoms with Crippen molar-refractivity contribution in [2.45, 2.75) is 41.5 Å². The first-order chi connectivity index (χ1) is 19.0. The van der Waals surface area contributed by atoms with Crippen LogP contribution in [0, 0.1) is 41.5 Å².